The predicted octanol–water partition coefficient (Wildman–Crippen LogP) is 4.28. The molecule has 0 saturated carbocycles. The van der Waals surface area contributed by atoms with Crippen molar-refractivity contribution < 1.29 is 0 Å². The fraction of sp³-hybridized carbons (Fsp3) is 0.368. The SMILES string of the molecule is CCc1ccc(CNC(C)Cc2ccccc2C)cc1. The highest BCUT2D eigenvalue weighted by molar-refractivity contribution is 5.26. The first-order valence-electron chi connectivity index (χ1n) is 7.54. The van der Waals surface area contributed by atoms with E-state index in [1.54, 1.807) is 0 Å². The third-order valence-electron chi connectivity index (χ3n) is 3.87. The molecule has 0 aliphatic rings. The molecule has 0 amide bonds. The van der Waals surface area contributed by atoms with E-state index in [-0.39, 0.29) is 0 Å². The van der Waals surface area contributed by atoms with Crippen LogP contribution in [0.15, 0.2) is 48.5 Å². The Morgan fingerprint density at radius 2 is 1.60 bits per heavy atom. The Balaban J connectivity index is 1.85. The maximum atomic E-state index is 3.61. The molecule has 0 radical (unpaired) electrons. The lowest BCUT2D eigenvalue weighted by molar-refractivity contribution is 0.544. The summed E-state index contributed by atoms with van der Waals surface area (Å²) in [5.41, 5.74) is 5.59. The average Bonchev–Trinajstić information content (AvgIpc) is 2.48. The molecule has 1 unspecified atom stereocenters. The minimum Gasteiger partial charge on any atom is -0.310 e. The van der Waals surface area contributed by atoms with Crippen LogP contribution in [0.25, 0.3) is 0 Å². The van der Waals surface area contributed by atoms with Gasteiger partial charge in [-0.05, 0) is 48.9 Å². The summed E-state index contributed by atoms with van der Waals surface area (Å²) in [5.74, 6) is 0. The van der Waals surface area contributed by atoms with E-state index in [9.17, 15) is 0 Å². The van der Waals surface area contributed by atoms with Crippen molar-refractivity contribution >= 4 is 0 Å². The van der Waals surface area contributed by atoms with E-state index in [0.29, 0.717) is 6.04 Å². The van der Waals surface area contributed by atoms with Crippen LogP contribution < -0.4 is 5.32 Å². The molecule has 2 aromatic rings. The van der Waals surface area contributed by atoms with E-state index in [0.717, 1.165) is 19.4 Å². The summed E-state index contributed by atoms with van der Waals surface area (Å²) in [6.45, 7) is 7.58. The largest absolute Gasteiger partial charge is 0.310 e. The highest BCUT2D eigenvalue weighted by Gasteiger charge is 2.05. The number of hydrogen-bond donors (Lipinski definition) is 1. The molecule has 0 fully saturated rings. The van der Waals surface area contributed by atoms with Crippen molar-refractivity contribution in [1.29, 1.82) is 0 Å². The summed E-state index contributed by atoms with van der Waals surface area (Å²) >= 11 is 0. The molecule has 106 valence electrons. The van der Waals surface area contributed by atoms with Gasteiger partial charge < -0.3 is 5.32 Å². The van der Waals surface area contributed by atoms with Gasteiger partial charge in [-0.25, -0.2) is 0 Å². The molecule has 0 aliphatic heterocycles. The van der Waals surface area contributed by atoms with Crippen LogP contribution in [0.2, 0.25) is 0 Å². The third kappa shape index (κ3) is 4.21. The standard InChI is InChI=1S/C19H25N/c1-4-17-9-11-18(12-10-17)14-20-16(3)13-19-8-6-5-7-15(19)2/h5-12,16,20H,4,13-14H2,1-3H3. The van der Waals surface area contributed by atoms with Gasteiger partial charge in [0.05, 0.1) is 0 Å². The van der Waals surface area contributed by atoms with Crippen LogP contribution in [0, 0.1) is 6.92 Å². The molecule has 1 heteroatoms. The van der Waals surface area contributed by atoms with Crippen LogP contribution >= 0.6 is 0 Å². The van der Waals surface area contributed by atoms with Crippen LogP contribution in [0.5, 0.6) is 0 Å². The number of rotatable bonds is 6. The molecular formula is C19H25N. The first-order valence-corrected chi connectivity index (χ1v) is 7.54. The summed E-state index contributed by atoms with van der Waals surface area (Å²) in [6.07, 6.45) is 2.19. The Bertz CT molecular complexity index is 528. The van der Waals surface area contributed by atoms with Crippen molar-refractivity contribution in [2.45, 2.75) is 46.2 Å². The second-order valence-corrected chi connectivity index (χ2v) is 5.58. The zero-order valence-electron chi connectivity index (χ0n) is 12.8. The number of aryl methyl sites for hydroxylation is 2. The molecule has 0 spiro atoms. The van der Waals surface area contributed by atoms with E-state index in [1.807, 2.05) is 0 Å². The van der Waals surface area contributed by atoms with Gasteiger partial charge in [0.15, 0.2) is 0 Å². The van der Waals surface area contributed by atoms with Gasteiger partial charge >= 0.3 is 0 Å². The second kappa shape index (κ2) is 7.25. The molecule has 0 aromatic heterocycles. The van der Waals surface area contributed by atoms with Crippen LogP contribution in [-0.4, -0.2) is 6.04 Å². The topological polar surface area (TPSA) is 12.0 Å². The predicted molar refractivity (Wildman–Crippen MR) is 87.0 cm³/mol. The van der Waals surface area contributed by atoms with Crippen LogP contribution in [-0.2, 0) is 19.4 Å². The summed E-state index contributed by atoms with van der Waals surface area (Å²) < 4.78 is 0. The molecule has 0 saturated heterocycles. The number of benzene rings is 2. The Hall–Kier alpha value is -1.60. The maximum Gasteiger partial charge on any atom is 0.0208 e. The van der Waals surface area contributed by atoms with Gasteiger partial charge in [-0.15, -0.1) is 0 Å². The average molecular weight is 267 g/mol. The molecule has 1 nitrogen and oxygen atoms in total. The van der Waals surface area contributed by atoms with E-state index in [1.165, 1.54) is 22.3 Å². The second-order valence-electron chi connectivity index (χ2n) is 5.58. The molecule has 0 bridgehead atoms. The minimum absolute atomic E-state index is 0.488. The Morgan fingerprint density at radius 3 is 2.25 bits per heavy atom. The van der Waals surface area contributed by atoms with Gasteiger partial charge in [-0.2, -0.15) is 0 Å². The Labute approximate surface area is 123 Å². The van der Waals surface area contributed by atoms with Gasteiger partial charge in [-0.3, -0.25) is 0 Å². The third-order valence-corrected chi connectivity index (χ3v) is 3.87. The summed E-state index contributed by atoms with van der Waals surface area (Å²) in [7, 11) is 0. The van der Waals surface area contributed by atoms with Gasteiger partial charge in [0.2, 0.25) is 0 Å². The van der Waals surface area contributed by atoms with Gasteiger partial charge in [0.1, 0.15) is 0 Å². The maximum absolute atomic E-state index is 3.61. The first kappa shape index (κ1) is 14.8. The van der Waals surface area contributed by atoms with E-state index in [2.05, 4.69) is 74.6 Å². The molecule has 20 heavy (non-hydrogen) atoms. The minimum atomic E-state index is 0.488. The van der Waals surface area contributed by atoms with Crippen LogP contribution in [0.4, 0.5) is 0 Å². The lowest BCUT2D eigenvalue weighted by atomic mass is 10.0. The molecule has 1 atom stereocenters. The molecule has 2 aromatic carbocycles. The van der Waals surface area contributed by atoms with E-state index >= 15 is 0 Å². The number of nitrogens with one attached hydrogen (secondary N) is 1. The van der Waals surface area contributed by atoms with E-state index < -0.39 is 0 Å². The molecule has 2 rings (SSSR count). The Kier molecular flexibility index (Phi) is 5.37. The summed E-state index contributed by atoms with van der Waals surface area (Å²) in [6, 6.07) is 18.0. The molecular weight excluding hydrogens is 242 g/mol. The molecule has 0 heterocycles. The number of hydrogen-bond acceptors (Lipinski definition) is 1. The highest BCUT2D eigenvalue weighted by atomic mass is 14.9. The van der Waals surface area contributed by atoms with Crippen molar-refractivity contribution in [1.82, 2.24) is 5.32 Å². The van der Waals surface area contributed by atoms with Crippen molar-refractivity contribution in [2.75, 3.05) is 0 Å². The molecule has 1 N–H and O–H groups in total. The molecule has 0 aliphatic carbocycles. The van der Waals surface area contributed by atoms with Crippen LogP contribution in [0.1, 0.15) is 36.1 Å². The van der Waals surface area contributed by atoms with Crippen molar-refractivity contribution in [3.05, 3.63) is 70.8 Å². The van der Waals surface area contributed by atoms with Gasteiger partial charge in [-0.1, -0.05) is 55.5 Å². The quantitative estimate of drug-likeness (QED) is 0.824. The van der Waals surface area contributed by atoms with Gasteiger partial charge in [0, 0.05) is 12.6 Å². The monoisotopic (exact) mass is 267 g/mol. The lowest BCUT2D eigenvalue weighted by Gasteiger charge is -2.15. The van der Waals surface area contributed by atoms with E-state index in [4.69, 9.17) is 0 Å². The lowest BCUT2D eigenvalue weighted by Crippen LogP contribution is -2.27. The normalized spacial score (nSPS) is 12.3. The van der Waals surface area contributed by atoms with Crippen molar-refractivity contribution in [3.63, 3.8) is 0 Å². The summed E-state index contributed by atoms with van der Waals surface area (Å²) in [5, 5.41) is 3.61. The smallest absolute Gasteiger partial charge is 0.0208 e. The van der Waals surface area contributed by atoms with Crippen molar-refractivity contribution in [2.24, 2.45) is 0 Å². The van der Waals surface area contributed by atoms with Crippen LogP contribution in [0.3, 0.4) is 0 Å². The zero-order chi connectivity index (χ0) is 14.4. The Morgan fingerprint density at radius 1 is 0.950 bits per heavy atom. The first-order chi connectivity index (χ1) is 9.69. The fourth-order valence-corrected chi connectivity index (χ4v) is 2.43. The zero-order valence-corrected chi connectivity index (χ0v) is 12.8. The van der Waals surface area contributed by atoms with Crippen molar-refractivity contribution in [3.8, 4) is 0 Å². The van der Waals surface area contributed by atoms with Gasteiger partial charge in [0.25, 0.3) is 0 Å². The highest BCUT2D eigenvalue weighted by Crippen LogP contribution is 2.10. The fourth-order valence-electron chi connectivity index (χ4n) is 2.43. The summed E-state index contributed by atoms with van der Waals surface area (Å²) in [4.78, 5) is 0.